The zero-order valence-corrected chi connectivity index (χ0v) is 17.6. The third-order valence-corrected chi connectivity index (χ3v) is 6.11. The summed E-state index contributed by atoms with van der Waals surface area (Å²) in [6.07, 6.45) is 2.01. The molecule has 8 nitrogen and oxygen atoms in total. The zero-order chi connectivity index (χ0) is 20.8. The van der Waals surface area contributed by atoms with E-state index in [4.69, 9.17) is 0 Å². The van der Waals surface area contributed by atoms with E-state index in [1.54, 1.807) is 6.08 Å². The molecule has 0 saturated carbocycles. The van der Waals surface area contributed by atoms with Gasteiger partial charge in [0.05, 0.1) is 16.0 Å². The van der Waals surface area contributed by atoms with E-state index in [-0.39, 0.29) is 42.4 Å². The third kappa shape index (κ3) is 6.28. The minimum absolute atomic E-state index is 0.141. The van der Waals surface area contributed by atoms with Crippen LogP contribution < -0.4 is 21.3 Å². The molecule has 1 aromatic carbocycles. The molecule has 3 amide bonds. The van der Waals surface area contributed by atoms with Gasteiger partial charge < -0.3 is 16.0 Å². The molecule has 2 aromatic rings. The number of nitrogens with zero attached hydrogens (tertiary/aromatic N) is 1. The molecule has 0 aliphatic carbocycles. The molecule has 0 spiro atoms. The number of anilines is 1. The molecule has 0 bridgehead atoms. The van der Waals surface area contributed by atoms with E-state index in [0.29, 0.717) is 11.7 Å². The Morgan fingerprint density at radius 3 is 3.03 bits per heavy atom. The number of carbonyl (C=O) groups excluding carboxylic acids is 3. The van der Waals surface area contributed by atoms with Crippen LogP contribution in [0.1, 0.15) is 18.4 Å². The molecule has 2 unspecified atom stereocenters. The smallest absolute Gasteiger partial charge is 0.236 e. The molecule has 1 saturated heterocycles. The highest BCUT2D eigenvalue weighted by molar-refractivity contribution is 8.00. The van der Waals surface area contributed by atoms with Crippen molar-refractivity contribution < 1.29 is 14.4 Å². The summed E-state index contributed by atoms with van der Waals surface area (Å²) in [5.74, 6) is -0.357. The van der Waals surface area contributed by atoms with Crippen LogP contribution in [0.4, 0.5) is 5.13 Å². The van der Waals surface area contributed by atoms with Gasteiger partial charge in [-0.05, 0) is 24.6 Å². The predicted octanol–water partition coefficient (Wildman–Crippen LogP) is 1.73. The first-order valence-electron chi connectivity index (χ1n) is 9.14. The van der Waals surface area contributed by atoms with Crippen molar-refractivity contribution in [3.63, 3.8) is 0 Å². The zero-order valence-electron chi connectivity index (χ0n) is 16.0. The fourth-order valence-corrected chi connectivity index (χ4v) is 4.72. The molecule has 2 heterocycles. The molecule has 154 valence electrons. The van der Waals surface area contributed by atoms with E-state index in [0.717, 1.165) is 15.8 Å². The molecule has 0 radical (unpaired) electrons. The van der Waals surface area contributed by atoms with Gasteiger partial charge in [-0.2, -0.15) is 0 Å². The van der Waals surface area contributed by atoms with Gasteiger partial charge in [-0.25, -0.2) is 4.98 Å². The molecule has 1 aliphatic rings. The van der Waals surface area contributed by atoms with Crippen molar-refractivity contribution in [2.24, 2.45) is 0 Å². The van der Waals surface area contributed by atoms with Crippen LogP contribution in [0.3, 0.4) is 0 Å². The van der Waals surface area contributed by atoms with Crippen molar-refractivity contribution in [3.05, 3.63) is 36.4 Å². The molecule has 1 fully saturated rings. The van der Waals surface area contributed by atoms with E-state index in [9.17, 15) is 14.4 Å². The first-order valence-corrected chi connectivity index (χ1v) is 11.0. The van der Waals surface area contributed by atoms with Gasteiger partial charge in [-0.15, -0.1) is 18.3 Å². The van der Waals surface area contributed by atoms with Crippen molar-refractivity contribution >= 4 is 56.2 Å². The third-order valence-electron chi connectivity index (χ3n) is 4.16. The topological polar surface area (TPSA) is 112 Å². The maximum atomic E-state index is 12.3. The quantitative estimate of drug-likeness (QED) is 0.472. The number of benzene rings is 1. The van der Waals surface area contributed by atoms with E-state index in [1.165, 1.54) is 23.1 Å². The number of hydrogen-bond donors (Lipinski definition) is 4. The van der Waals surface area contributed by atoms with Crippen LogP contribution in [-0.4, -0.2) is 46.5 Å². The fraction of sp³-hybridized carbons (Fsp3) is 0.368. The maximum Gasteiger partial charge on any atom is 0.236 e. The van der Waals surface area contributed by atoms with Gasteiger partial charge in [0.25, 0.3) is 0 Å². The maximum absolute atomic E-state index is 12.3. The lowest BCUT2D eigenvalue weighted by Gasteiger charge is -2.30. The SMILES string of the molecule is C=CCNC(=O)CC1CC(=O)NC(SCC(=O)Nc2nc3ccc(C)cc3s2)N1. The van der Waals surface area contributed by atoms with Crippen LogP contribution in [-0.2, 0) is 14.4 Å². The summed E-state index contributed by atoms with van der Waals surface area (Å²) >= 11 is 2.69. The standard InChI is InChI=1S/C19H23N5O3S2/c1-3-6-20-15(25)8-12-9-16(26)23-18(21-12)28-10-17(27)24-19-22-13-5-4-11(2)7-14(13)29-19/h3-5,7,12,18,21H,1,6,8-10H2,2H3,(H,20,25)(H,23,26)(H,22,24,27). The van der Waals surface area contributed by atoms with Crippen molar-refractivity contribution in [1.29, 1.82) is 0 Å². The van der Waals surface area contributed by atoms with E-state index >= 15 is 0 Å². The molecule has 1 aromatic heterocycles. The van der Waals surface area contributed by atoms with E-state index in [1.807, 2.05) is 25.1 Å². The highest BCUT2D eigenvalue weighted by Gasteiger charge is 2.28. The first-order chi connectivity index (χ1) is 13.9. The number of carbonyl (C=O) groups is 3. The molecule has 1 aliphatic heterocycles. The fourth-order valence-electron chi connectivity index (χ4n) is 2.85. The number of nitrogens with one attached hydrogen (secondary N) is 4. The monoisotopic (exact) mass is 433 g/mol. The highest BCUT2D eigenvalue weighted by atomic mass is 32.2. The number of fused-ring (bicyclic) bond motifs is 1. The van der Waals surface area contributed by atoms with Crippen LogP contribution in [0, 0.1) is 6.92 Å². The summed E-state index contributed by atoms with van der Waals surface area (Å²) in [7, 11) is 0. The largest absolute Gasteiger partial charge is 0.353 e. The highest BCUT2D eigenvalue weighted by Crippen LogP contribution is 2.26. The molecule has 10 heteroatoms. The minimum atomic E-state index is -0.433. The van der Waals surface area contributed by atoms with Gasteiger partial charge in [0.2, 0.25) is 17.7 Å². The summed E-state index contributed by atoms with van der Waals surface area (Å²) in [4.78, 5) is 40.5. The van der Waals surface area contributed by atoms with Gasteiger partial charge >= 0.3 is 0 Å². The average molecular weight is 434 g/mol. The van der Waals surface area contributed by atoms with Crippen molar-refractivity contribution in [2.45, 2.75) is 31.3 Å². The van der Waals surface area contributed by atoms with Gasteiger partial charge in [-0.1, -0.05) is 23.5 Å². The summed E-state index contributed by atoms with van der Waals surface area (Å²) in [5, 5.41) is 12.0. The second-order valence-electron chi connectivity index (χ2n) is 6.66. The normalized spacial score (nSPS) is 18.9. The Morgan fingerprint density at radius 2 is 2.24 bits per heavy atom. The second-order valence-corrected chi connectivity index (χ2v) is 8.79. The summed E-state index contributed by atoms with van der Waals surface area (Å²) in [6, 6.07) is 5.67. The van der Waals surface area contributed by atoms with Crippen LogP contribution in [0.5, 0.6) is 0 Å². The number of thioether (sulfide) groups is 1. The number of amides is 3. The summed E-state index contributed by atoms with van der Waals surface area (Å²) in [5.41, 5.74) is 1.56. The van der Waals surface area contributed by atoms with Gasteiger partial charge in [-0.3, -0.25) is 19.7 Å². The van der Waals surface area contributed by atoms with Crippen molar-refractivity contribution in [2.75, 3.05) is 17.6 Å². The summed E-state index contributed by atoms with van der Waals surface area (Å²) < 4.78 is 1.02. The van der Waals surface area contributed by atoms with Gasteiger partial charge in [0.1, 0.15) is 5.50 Å². The van der Waals surface area contributed by atoms with Gasteiger partial charge in [0, 0.05) is 25.4 Å². The van der Waals surface area contributed by atoms with E-state index < -0.39 is 5.50 Å². The Hall–Kier alpha value is -2.43. The first kappa shape index (κ1) is 21.3. The molecular weight excluding hydrogens is 410 g/mol. The second kappa shape index (κ2) is 9.86. The molecule has 3 rings (SSSR count). The number of aromatic nitrogens is 1. The molecule has 29 heavy (non-hydrogen) atoms. The van der Waals surface area contributed by atoms with Crippen LogP contribution in [0.2, 0.25) is 0 Å². The molecular formula is C19H23N5O3S2. The van der Waals surface area contributed by atoms with Crippen molar-refractivity contribution in [1.82, 2.24) is 20.9 Å². The molecule has 2 atom stereocenters. The lowest BCUT2D eigenvalue weighted by molar-refractivity contribution is -0.125. The Balaban J connectivity index is 1.48. The number of aryl methyl sites for hydroxylation is 1. The predicted molar refractivity (Wildman–Crippen MR) is 117 cm³/mol. The number of hydrogen-bond acceptors (Lipinski definition) is 7. The Morgan fingerprint density at radius 1 is 1.41 bits per heavy atom. The lowest BCUT2D eigenvalue weighted by atomic mass is 10.1. The molecule has 4 N–H and O–H groups in total. The Kier molecular flexibility index (Phi) is 7.24. The van der Waals surface area contributed by atoms with Crippen LogP contribution in [0.25, 0.3) is 10.2 Å². The van der Waals surface area contributed by atoms with E-state index in [2.05, 4.69) is 32.8 Å². The number of rotatable bonds is 8. The van der Waals surface area contributed by atoms with Gasteiger partial charge in [0.15, 0.2) is 5.13 Å². The minimum Gasteiger partial charge on any atom is -0.353 e. The Bertz CT molecular complexity index is 930. The number of thiazole rings is 1. The van der Waals surface area contributed by atoms with Crippen molar-refractivity contribution in [3.8, 4) is 0 Å². The summed E-state index contributed by atoms with van der Waals surface area (Å²) in [6.45, 7) is 5.95. The lowest BCUT2D eigenvalue weighted by Crippen LogP contribution is -2.56. The van der Waals surface area contributed by atoms with Crippen LogP contribution >= 0.6 is 23.1 Å². The van der Waals surface area contributed by atoms with Crippen LogP contribution in [0.15, 0.2) is 30.9 Å². The Labute approximate surface area is 176 Å². The average Bonchev–Trinajstić information content (AvgIpc) is 3.05.